The molecule has 0 radical (unpaired) electrons. The highest BCUT2D eigenvalue weighted by Gasteiger charge is 2.30. The number of hydrogen-bond acceptors (Lipinski definition) is 3. The zero-order valence-electron chi connectivity index (χ0n) is 13.3. The molecule has 1 aromatic carbocycles. The van der Waals surface area contributed by atoms with Gasteiger partial charge >= 0.3 is 0 Å². The highest BCUT2D eigenvalue weighted by atomic mass is 16.3. The average Bonchev–Trinajstić information content (AvgIpc) is 2.96. The third-order valence-electron chi connectivity index (χ3n) is 5.12. The van der Waals surface area contributed by atoms with Gasteiger partial charge in [0.15, 0.2) is 0 Å². The van der Waals surface area contributed by atoms with Gasteiger partial charge in [0.25, 0.3) is 5.91 Å². The maximum atomic E-state index is 12.4. The fraction of sp³-hybridized carbons (Fsp3) is 0.611. The molecule has 1 saturated heterocycles. The summed E-state index contributed by atoms with van der Waals surface area (Å²) in [5, 5.41) is 13.0. The maximum absolute atomic E-state index is 12.4. The van der Waals surface area contributed by atoms with Crippen LogP contribution in [0, 0.1) is 6.92 Å². The molecule has 22 heavy (non-hydrogen) atoms. The topological polar surface area (TPSA) is 52.6 Å². The molecule has 0 aromatic heterocycles. The summed E-state index contributed by atoms with van der Waals surface area (Å²) in [5.74, 6) is -0.0780. The van der Waals surface area contributed by atoms with Crippen LogP contribution < -0.4 is 5.32 Å². The molecule has 2 fully saturated rings. The number of phenols is 1. The standard InChI is InChI=1S/C18H26N2O2/c1-13-6-5-9-16(21)17(13)18(22)19-14-10-11-20(12-14)15-7-3-2-4-8-15/h5-6,9,14-15,21H,2-4,7-8,10-12H2,1H3,(H,19,22). The molecule has 2 N–H and O–H groups in total. The van der Waals surface area contributed by atoms with Gasteiger partial charge in [-0.3, -0.25) is 9.69 Å². The molecule has 1 heterocycles. The number of aromatic hydroxyl groups is 1. The molecule has 120 valence electrons. The van der Waals surface area contributed by atoms with Crippen molar-refractivity contribution in [3.63, 3.8) is 0 Å². The van der Waals surface area contributed by atoms with Crippen molar-refractivity contribution in [3.05, 3.63) is 29.3 Å². The number of likely N-dealkylation sites (tertiary alicyclic amines) is 1. The Morgan fingerprint density at radius 1 is 1.23 bits per heavy atom. The van der Waals surface area contributed by atoms with E-state index in [-0.39, 0.29) is 17.7 Å². The minimum absolute atomic E-state index is 0.0691. The van der Waals surface area contributed by atoms with Crippen molar-refractivity contribution in [1.82, 2.24) is 10.2 Å². The van der Waals surface area contributed by atoms with Gasteiger partial charge in [-0.1, -0.05) is 31.4 Å². The Balaban J connectivity index is 1.59. The number of phenolic OH excluding ortho intramolecular Hbond substituents is 1. The van der Waals surface area contributed by atoms with Crippen molar-refractivity contribution in [2.24, 2.45) is 0 Å². The number of hydrogen-bond donors (Lipinski definition) is 2. The van der Waals surface area contributed by atoms with Gasteiger partial charge in [-0.15, -0.1) is 0 Å². The number of carbonyl (C=O) groups is 1. The molecule has 4 heteroatoms. The summed E-state index contributed by atoms with van der Waals surface area (Å²) in [7, 11) is 0. The summed E-state index contributed by atoms with van der Waals surface area (Å²) in [4.78, 5) is 15.0. The Morgan fingerprint density at radius 2 is 2.00 bits per heavy atom. The molecule has 1 aromatic rings. The lowest BCUT2D eigenvalue weighted by Crippen LogP contribution is -2.40. The third kappa shape index (κ3) is 3.27. The molecule has 1 atom stereocenters. The highest BCUT2D eigenvalue weighted by Crippen LogP contribution is 2.26. The van der Waals surface area contributed by atoms with Crippen molar-refractivity contribution in [2.45, 2.75) is 57.5 Å². The second kappa shape index (κ2) is 6.69. The Morgan fingerprint density at radius 3 is 2.73 bits per heavy atom. The van der Waals surface area contributed by atoms with Crippen LogP contribution in [-0.4, -0.2) is 41.1 Å². The number of carbonyl (C=O) groups excluding carboxylic acids is 1. The predicted octanol–water partition coefficient (Wildman–Crippen LogP) is 2.84. The van der Waals surface area contributed by atoms with E-state index in [1.807, 2.05) is 13.0 Å². The van der Waals surface area contributed by atoms with E-state index in [0.717, 1.165) is 25.1 Å². The minimum Gasteiger partial charge on any atom is -0.507 e. The maximum Gasteiger partial charge on any atom is 0.255 e. The average molecular weight is 302 g/mol. The van der Waals surface area contributed by atoms with Crippen LogP contribution in [0.25, 0.3) is 0 Å². The van der Waals surface area contributed by atoms with Crippen LogP contribution in [0.4, 0.5) is 0 Å². The molecular weight excluding hydrogens is 276 g/mol. The molecule has 1 aliphatic carbocycles. The molecule has 4 nitrogen and oxygen atoms in total. The van der Waals surface area contributed by atoms with Crippen LogP contribution in [0.3, 0.4) is 0 Å². The van der Waals surface area contributed by atoms with E-state index < -0.39 is 0 Å². The van der Waals surface area contributed by atoms with E-state index in [1.54, 1.807) is 12.1 Å². The predicted molar refractivity (Wildman–Crippen MR) is 87.2 cm³/mol. The third-order valence-corrected chi connectivity index (χ3v) is 5.12. The molecule has 0 bridgehead atoms. The van der Waals surface area contributed by atoms with Gasteiger partial charge in [-0.25, -0.2) is 0 Å². The van der Waals surface area contributed by atoms with Gasteiger partial charge in [0.1, 0.15) is 5.75 Å². The second-order valence-corrected chi connectivity index (χ2v) is 6.71. The molecule has 1 unspecified atom stereocenters. The van der Waals surface area contributed by atoms with Crippen LogP contribution in [-0.2, 0) is 0 Å². The Labute approximate surface area is 132 Å². The van der Waals surface area contributed by atoms with Gasteiger partial charge in [-0.05, 0) is 37.8 Å². The number of benzene rings is 1. The van der Waals surface area contributed by atoms with E-state index in [1.165, 1.54) is 32.1 Å². The Bertz CT molecular complexity index is 518. The number of nitrogens with one attached hydrogen (secondary N) is 1. The normalized spacial score (nSPS) is 23.6. The number of amides is 1. The smallest absolute Gasteiger partial charge is 0.255 e. The molecule has 1 saturated carbocycles. The largest absolute Gasteiger partial charge is 0.507 e. The zero-order valence-corrected chi connectivity index (χ0v) is 13.3. The van der Waals surface area contributed by atoms with Crippen molar-refractivity contribution < 1.29 is 9.90 Å². The lowest BCUT2D eigenvalue weighted by molar-refractivity contribution is 0.0931. The van der Waals surface area contributed by atoms with E-state index in [9.17, 15) is 9.90 Å². The molecule has 2 aliphatic rings. The number of rotatable bonds is 3. The Kier molecular flexibility index (Phi) is 4.67. The first kappa shape index (κ1) is 15.3. The summed E-state index contributed by atoms with van der Waals surface area (Å²) in [6, 6.07) is 6.11. The highest BCUT2D eigenvalue weighted by molar-refractivity contribution is 5.98. The van der Waals surface area contributed by atoms with Crippen molar-refractivity contribution in [1.29, 1.82) is 0 Å². The van der Waals surface area contributed by atoms with Crippen LogP contribution >= 0.6 is 0 Å². The van der Waals surface area contributed by atoms with Crippen LogP contribution in [0.15, 0.2) is 18.2 Å². The SMILES string of the molecule is Cc1cccc(O)c1C(=O)NC1CCN(C2CCCCC2)C1. The fourth-order valence-corrected chi connectivity index (χ4v) is 3.89. The summed E-state index contributed by atoms with van der Waals surface area (Å²) in [5.41, 5.74) is 1.23. The van der Waals surface area contributed by atoms with Gasteiger partial charge in [0.2, 0.25) is 0 Å². The van der Waals surface area contributed by atoms with E-state index in [2.05, 4.69) is 10.2 Å². The van der Waals surface area contributed by atoms with Gasteiger partial charge < -0.3 is 10.4 Å². The Hall–Kier alpha value is -1.55. The molecular formula is C18H26N2O2. The summed E-state index contributed by atoms with van der Waals surface area (Å²) >= 11 is 0. The van der Waals surface area contributed by atoms with Crippen molar-refractivity contribution >= 4 is 5.91 Å². The van der Waals surface area contributed by atoms with E-state index in [0.29, 0.717) is 11.6 Å². The van der Waals surface area contributed by atoms with Crippen LogP contribution in [0.1, 0.15) is 54.4 Å². The molecule has 1 amide bonds. The lowest BCUT2D eigenvalue weighted by Gasteiger charge is -2.31. The molecule has 0 spiro atoms. The molecule has 3 rings (SSSR count). The van der Waals surface area contributed by atoms with Gasteiger partial charge in [0.05, 0.1) is 5.56 Å². The first-order valence-electron chi connectivity index (χ1n) is 8.48. The quantitative estimate of drug-likeness (QED) is 0.903. The lowest BCUT2D eigenvalue weighted by atomic mass is 9.94. The fourth-order valence-electron chi connectivity index (χ4n) is 3.89. The minimum atomic E-state index is -0.147. The number of aryl methyl sites for hydroxylation is 1. The van der Waals surface area contributed by atoms with Crippen LogP contribution in [0.5, 0.6) is 5.75 Å². The van der Waals surface area contributed by atoms with Crippen molar-refractivity contribution in [3.8, 4) is 5.75 Å². The first-order valence-corrected chi connectivity index (χ1v) is 8.48. The summed E-state index contributed by atoms with van der Waals surface area (Å²) in [6.07, 6.45) is 7.68. The second-order valence-electron chi connectivity index (χ2n) is 6.71. The molecule has 1 aliphatic heterocycles. The number of nitrogens with zero attached hydrogens (tertiary/aromatic N) is 1. The summed E-state index contributed by atoms with van der Waals surface area (Å²) in [6.45, 7) is 3.88. The zero-order chi connectivity index (χ0) is 15.5. The van der Waals surface area contributed by atoms with Gasteiger partial charge in [-0.2, -0.15) is 0 Å². The first-order chi connectivity index (χ1) is 10.6. The van der Waals surface area contributed by atoms with E-state index >= 15 is 0 Å². The van der Waals surface area contributed by atoms with Crippen LogP contribution in [0.2, 0.25) is 0 Å². The van der Waals surface area contributed by atoms with Crippen molar-refractivity contribution in [2.75, 3.05) is 13.1 Å². The van der Waals surface area contributed by atoms with Gasteiger partial charge in [0, 0.05) is 25.2 Å². The van der Waals surface area contributed by atoms with E-state index in [4.69, 9.17) is 0 Å². The monoisotopic (exact) mass is 302 g/mol. The summed E-state index contributed by atoms with van der Waals surface area (Å²) < 4.78 is 0.